The fourth-order valence-corrected chi connectivity index (χ4v) is 3.15. The second-order valence-electron chi connectivity index (χ2n) is 6.33. The van der Waals surface area contributed by atoms with E-state index in [4.69, 9.17) is 16.3 Å². The van der Waals surface area contributed by atoms with Crippen LogP contribution in [0.2, 0.25) is 5.02 Å². The van der Waals surface area contributed by atoms with Gasteiger partial charge in [0.05, 0.1) is 5.92 Å². The summed E-state index contributed by atoms with van der Waals surface area (Å²) >= 11 is 5.85. The molecule has 136 valence electrons. The highest BCUT2D eigenvalue weighted by molar-refractivity contribution is 6.30. The summed E-state index contributed by atoms with van der Waals surface area (Å²) in [5.74, 6) is -1.21. The SMILES string of the molecule is O=C(OCc1cccc(F)c1)C1CCCN(C(=O)c2ccc(Cl)cc2)C1. The second kappa shape index (κ2) is 8.32. The topological polar surface area (TPSA) is 46.6 Å². The molecule has 1 fully saturated rings. The lowest BCUT2D eigenvalue weighted by molar-refractivity contribution is -0.151. The van der Waals surface area contributed by atoms with Gasteiger partial charge in [0.1, 0.15) is 12.4 Å². The van der Waals surface area contributed by atoms with E-state index in [2.05, 4.69) is 0 Å². The summed E-state index contributed by atoms with van der Waals surface area (Å²) in [6.45, 7) is 0.955. The Hall–Kier alpha value is -2.40. The molecule has 0 saturated carbocycles. The van der Waals surface area contributed by atoms with Crippen LogP contribution in [0.1, 0.15) is 28.8 Å². The standard InChI is InChI=1S/C20H19ClFNO3/c21-17-8-6-15(7-9-17)19(24)23-10-2-4-16(12-23)20(25)26-13-14-3-1-5-18(22)11-14/h1,3,5-9,11,16H,2,4,10,12-13H2. The number of piperidine rings is 1. The van der Waals surface area contributed by atoms with Gasteiger partial charge in [0.2, 0.25) is 0 Å². The molecule has 4 nitrogen and oxygen atoms in total. The fourth-order valence-electron chi connectivity index (χ4n) is 3.03. The van der Waals surface area contributed by atoms with Gasteiger partial charge >= 0.3 is 5.97 Å². The summed E-state index contributed by atoms with van der Waals surface area (Å²) in [5, 5.41) is 0.569. The number of carbonyl (C=O) groups is 2. The van der Waals surface area contributed by atoms with Crippen molar-refractivity contribution >= 4 is 23.5 Å². The number of rotatable bonds is 4. The lowest BCUT2D eigenvalue weighted by Gasteiger charge is -2.31. The molecule has 0 aliphatic carbocycles. The smallest absolute Gasteiger partial charge is 0.311 e. The number of ether oxygens (including phenoxy) is 1. The zero-order valence-electron chi connectivity index (χ0n) is 14.2. The van der Waals surface area contributed by atoms with Gasteiger partial charge < -0.3 is 9.64 Å². The van der Waals surface area contributed by atoms with E-state index in [1.165, 1.54) is 12.1 Å². The van der Waals surface area contributed by atoms with Crippen LogP contribution in [0.4, 0.5) is 4.39 Å². The van der Waals surface area contributed by atoms with Gasteiger partial charge in [-0.05, 0) is 54.8 Å². The van der Waals surface area contributed by atoms with Crippen molar-refractivity contribution in [3.8, 4) is 0 Å². The number of nitrogens with zero attached hydrogens (tertiary/aromatic N) is 1. The number of esters is 1. The largest absolute Gasteiger partial charge is 0.461 e. The Bertz CT molecular complexity index is 794. The quantitative estimate of drug-likeness (QED) is 0.756. The van der Waals surface area contributed by atoms with Gasteiger partial charge in [-0.15, -0.1) is 0 Å². The van der Waals surface area contributed by atoms with E-state index in [9.17, 15) is 14.0 Å². The third kappa shape index (κ3) is 4.61. The van der Waals surface area contributed by atoms with Crippen molar-refractivity contribution < 1.29 is 18.7 Å². The van der Waals surface area contributed by atoms with E-state index in [0.717, 1.165) is 6.42 Å². The molecule has 1 saturated heterocycles. The highest BCUT2D eigenvalue weighted by Crippen LogP contribution is 2.21. The molecule has 1 unspecified atom stereocenters. The molecule has 1 atom stereocenters. The Morgan fingerprint density at radius 2 is 1.96 bits per heavy atom. The van der Waals surface area contributed by atoms with Crippen molar-refractivity contribution in [2.75, 3.05) is 13.1 Å². The van der Waals surface area contributed by atoms with E-state index in [1.807, 2.05) is 0 Å². The molecular weight excluding hydrogens is 357 g/mol. The molecule has 0 radical (unpaired) electrons. The van der Waals surface area contributed by atoms with Crippen LogP contribution in [-0.2, 0) is 16.1 Å². The molecule has 1 heterocycles. The Labute approximate surface area is 156 Å². The van der Waals surface area contributed by atoms with E-state index in [-0.39, 0.29) is 30.2 Å². The summed E-state index contributed by atoms with van der Waals surface area (Å²) < 4.78 is 18.5. The molecule has 2 aromatic carbocycles. The third-order valence-corrected chi connectivity index (χ3v) is 4.66. The summed E-state index contributed by atoms with van der Waals surface area (Å²) in [7, 11) is 0. The van der Waals surface area contributed by atoms with Crippen LogP contribution in [-0.4, -0.2) is 29.9 Å². The predicted octanol–water partition coefficient (Wildman–Crippen LogP) is 4.07. The Morgan fingerprint density at radius 1 is 1.19 bits per heavy atom. The molecule has 26 heavy (non-hydrogen) atoms. The average Bonchev–Trinajstić information content (AvgIpc) is 2.66. The van der Waals surface area contributed by atoms with Crippen LogP contribution in [0.25, 0.3) is 0 Å². The molecule has 0 N–H and O–H groups in total. The Kier molecular flexibility index (Phi) is 5.89. The number of carbonyl (C=O) groups excluding carboxylic acids is 2. The van der Waals surface area contributed by atoms with Crippen molar-refractivity contribution in [2.24, 2.45) is 5.92 Å². The zero-order chi connectivity index (χ0) is 18.5. The first-order valence-corrected chi connectivity index (χ1v) is 8.86. The molecular formula is C20H19ClFNO3. The van der Waals surface area contributed by atoms with Crippen molar-refractivity contribution in [2.45, 2.75) is 19.4 Å². The minimum atomic E-state index is -0.367. The zero-order valence-corrected chi connectivity index (χ0v) is 14.9. The number of halogens is 2. The average molecular weight is 376 g/mol. The monoisotopic (exact) mass is 375 g/mol. The van der Waals surface area contributed by atoms with Gasteiger partial charge in [-0.25, -0.2) is 4.39 Å². The molecule has 1 aliphatic rings. The third-order valence-electron chi connectivity index (χ3n) is 4.40. The van der Waals surface area contributed by atoms with E-state index in [1.54, 1.807) is 41.3 Å². The number of hydrogen-bond donors (Lipinski definition) is 0. The van der Waals surface area contributed by atoms with E-state index < -0.39 is 0 Å². The number of benzene rings is 2. The Balaban J connectivity index is 1.58. The summed E-state index contributed by atoms with van der Waals surface area (Å²) in [6, 6.07) is 12.6. The number of hydrogen-bond acceptors (Lipinski definition) is 3. The van der Waals surface area contributed by atoms with Gasteiger partial charge in [-0.2, -0.15) is 0 Å². The summed E-state index contributed by atoms with van der Waals surface area (Å²) in [5.41, 5.74) is 1.14. The molecule has 2 aromatic rings. The Morgan fingerprint density at radius 3 is 2.69 bits per heavy atom. The van der Waals surface area contributed by atoms with Crippen LogP contribution in [0, 0.1) is 11.7 Å². The normalized spacial score (nSPS) is 17.0. The van der Waals surface area contributed by atoms with Crippen LogP contribution in [0.3, 0.4) is 0 Å². The maximum atomic E-state index is 13.2. The lowest BCUT2D eigenvalue weighted by atomic mass is 9.97. The fraction of sp³-hybridized carbons (Fsp3) is 0.300. The van der Waals surface area contributed by atoms with Gasteiger partial charge in [0.15, 0.2) is 0 Å². The molecule has 0 spiro atoms. The maximum absolute atomic E-state index is 13.2. The lowest BCUT2D eigenvalue weighted by Crippen LogP contribution is -2.42. The first-order valence-electron chi connectivity index (χ1n) is 8.49. The van der Waals surface area contributed by atoms with Crippen LogP contribution in [0.5, 0.6) is 0 Å². The molecule has 1 aliphatic heterocycles. The minimum Gasteiger partial charge on any atom is -0.461 e. The van der Waals surface area contributed by atoms with Crippen molar-refractivity contribution in [3.05, 3.63) is 70.5 Å². The molecule has 6 heteroatoms. The van der Waals surface area contributed by atoms with E-state index in [0.29, 0.717) is 35.7 Å². The molecule has 1 amide bonds. The van der Waals surface area contributed by atoms with Gasteiger partial charge in [-0.1, -0.05) is 23.7 Å². The summed E-state index contributed by atoms with van der Waals surface area (Å²) in [6.07, 6.45) is 1.41. The van der Waals surface area contributed by atoms with Crippen LogP contribution >= 0.6 is 11.6 Å². The minimum absolute atomic E-state index is 0.0260. The van der Waals surface area contributed by atoms with Crippen molar-refractivity contribution in [1.82, 2.24) is 4.90 Å². The predicted molar refractivity (Wildman–Crippen MR) is 96.3 cm³/mol. The molecule has 3 rings (SSSR count). The second-order valence-corrected chi connectivity index (χ2v) is 6.77. The van der Waals surface area contributed by atoms with Gasteiger partial charge in [-0.3, -0.25) is 9.59 Å². The maximum Gasteiger partial charge on any atom is 0.311 e. The van der Waals surface area contributed by atoms with Gasteiger partial charge in [0.25, 0.3) is 5.91 Å². The first kappa shape index (κ1) is 18.4. The van der Waals surface area contributed by atoms with E-state index >= 15 is 0 Å². The van der Waals surface area contributed by atoms with Gasteiger partial charge in [0, 0.05) is 23.7 Å². The van der Waals surface area contributed by atoms with Crippen molar-refractivity contribution in [1.29, 1.82) is 0 Å². The molecule has 0 bridgehead atoms. The molecule has 0 aromatic heterocycles. The first-order chi connectivity index (χ1) is 12.5. The van der Waals surface area contributed by atoms with Crippen LogP contribution in [0.15, 0.2) is 48.5 Å². The summed E-state index contributed by atoms with van der Waals surface area (Å²) in [4.78, 5) is 26.6. The number of amides is 1. The highest BCUT2D eigenvalue weighted by Gasteiger charge is 2.30. The van der Waals surface area contributed by atoms with Crippen LogP contribution < -0.4 is 0 Å². The highest BCUT2D eigenvalue weighted by atomic mass is 35.5. The van der Waals surface area contributed by atoms with Crippen molar-refractivity contribution in [3.63, 3.8) is 0 Å². The number of likely N-dealkylation sites (tertiary alicyclic amines) is 1.